The predicted molar refractivity (Wildman–Crippen MR) is 94.0 cm³/mol. The van der Waals surface area contributed by atoms with Crippen LogP contribution in [-0.4, -0.2) is 56.6 Å². The Morgan fingerprint density at radius 1 is 1.13 bits per heavy atom. The highest BCUT2D eigenvalue weighted by molar-refractivity contribution is 5.55. The number of benzene rings is 1. The molecule has 23 heavy (non-hydrogen) atoms. The van der Waals surface area contributed by atoms with Gasteiger partial charge < -0.3 is 15.0 Å². The van der Waals surface area contributed by atoms with Gasteiger partial charge in [-0.05, 0) is 50.5 Å². The van der Waals surface area contributed by atoms with Gasteiger partial charge in [0, 0.05) is 50.6 Å². The minimum Gasteiger partial charge on any atom is -0.388 e. The molecular formula is C18H28FN3O. The molecule has 0 spiro atoms. The van der Waals surface area contributed by atoms with Crippen LogP contribution in [0.5, 0.6) is 0 Å². The van der Waals surface area contributed by atoms with Crippen LogP contribution in [0.4, 0.5) is 15.8 Å². The number of alkyl halides is 1. The molecule has 2 aliphatic rings. The van der Waals surface area contributed by atoms with Gasteiger partial charge in [-0.1, -0.05) is 0 Å². The maximum absolute atomic E-state index is 13.3. The summed E-state index contributed by atoms with van der Waals surface area (Å²) < 4.78 is 13.3. The van der Waals surface area contributed by atoms with Crippen molar-refractivity contribution in [3.05, 3.63) is 24.3 Å². The fourth-order valence-corrected chi connectivity index (χ4v) is 3.40. The molecule has 3 rings (SSSR count). The molecule has 0 bridgehead atoms. The fourth-order valence-electron chi connectivity index (χ4n) is 3.40. The first-order valence-corrected chi connectivity index (χ1v) is 8.48. The van der Waals surface area contributed by atoms with Gasteiger partial charge in [0.1, 0.15) is 12.5 Å². The number of carbonyl (C=O) groups is 1. The van der Waals surface area contributed by atoms with Crippen molar-refractivity contribution in [2.45, 2.75) is 38.4 Å². The number of carbonyl (C=O) groups excluding carboxylic acids is 1. The highest BCUT2D eigenvalue weighted by atomic mass is 19.1. The molecule has 1 unspecified atom stereocenters. The molecule has 1 N–H and O–H groups in total. The van der Waals surface area contributed by atoms with Gasteiger partial charge in [0.15, 0.2) is 0 Å². The number of hydrogen-bond acceptors (Lipinski definition) is 4. The Morgan fingerprint density at radius 3 is 2.22 bits per heavy atom. The minimum absolute atomic E-state index is 0.587. The lowest BCUT2D eigenvalue weighted by atomic mass is 10.0. The van der Waals surface area contributed by atoms with Crippen LogP contribution in [0.3, 0.4) is 0 Å². The third kappa shape index (κ3) is 4.93. The molecule has 0 aliphatic carbocycles. The average Bonchev–Trinajstić information content (AvgIpc) is 3.02. The molecule has 0 radical (unpaired) electrons. The van der Waals surface area contributed by atoms with Crippen molar-refractivity contribution in [1.29, 1.82) is 0 Å². The molecule has 2 heterocycles. The summed E-state index contributed by atoms with van der Waals surface area (Å²) in [5.41, 5.74) is 2.45. The van der Waals surface area contributed by atoms with Gasteiger partial charge in [-0.3, -0.25) is 4.90 Å². The monoisotopic (exact) mass is 321 g/mol. The van der Waals surface area contributed by atoms with Gasteiger partial charge in [-0.2, -0.15) is 0 Å². The molecule has 2 aliphatic heterocycles. The van der Waals surface area contributed by atoms with Gasteiger partial charge in [0.25, 0.3) is 0 Å². The van der Waals surface area contributed by atoms with E-state index in [1.807, 2.05) is 7.05 Å². The van der Waals surface area contributed by atoms with E-state index in [1.54, 1.807) is 0 Å². The summed E-state index contributed by atoms with van der Waals surface area (Å²) in [5, 5.41) is 3.14. The summed E-state index contributed by atoms with van der Waals surface area (Å²) in [6.07, 6.45) is 3.19. The molecule has 128 valence electrons. The number of aldehydes is 1. The third-order valence-corrected chi connectivity index (χ3v) is 4.66. The highest BCUT2D eigenvalue weighted by Crippen LogP contribution is 2.26. The molecule has 0 aromatic heterocycles. The Labute approximate surface area is 138 Å². The molecule has 5 heteroatoms. The number of nitrogens with one attached hydrogen (secondary N) is 1. The van der Waals surface area contributed by atoms with E-state index in [-0.39, 0.29) is 0 Å². The predicted octanol–water partition coefficient (Wildman–Crippen LogP) is 2.95. The summed E-state index contributed by atoms with van der Waals surface area (Å²) >= 11 is 0. The van der Waals surface area contributed by atoms with Gasteiger partial charge >= 0.3 is 0 Å². The fraction of sp³-hybridized carbons (Fsp3) is 0.611. The molecule has 1 aromatic rings. The van der Waals surface area contributed by atoms with Gasteiger partial charge in [0.2, 0.25) is 0 Å². The SMILES string of the molecule is CC=O.CNc1ccc(N2CCC(N3CCC(F)C3)CC2)cc1. The lowest BCUT2D eigenvalue weighted by Crippen LogP contribution is -2.44. The number of rotatable bonds is 3. The van der Waals surface area contributed by atoms with Crippen LogP contribution >= 0.6 is 0 Å². The molecule has 1 aromatic carbocycles. The Hall–Kier alpha value is -1.62. The van der Waals surface area contributed by atoms with Crippen molar-refractivity contribution in [3.8, 4) is 0 Å². The molecule has 2 fully saturated rings. The van der Waals surface area contributed by atoms with Crippen LogP contribution in [0.1, 0.15) is 26.2 Å². The standard InChI is InChI=1S/C16H24FN3.C2H4O/c1-18-14-2-4-15(5-3-14)19-10-7-16(8-11-19)20-9-6-13(17)12-20;1-2-3/h2-5,13,16,18H,6-12H2,1H3;2H,1H3. The first-order chi connectivity index (χ1) is 11.2. The quantitative estimate of drug-likeness (QED) is 0.868. The van der Waals surface area contributed by atoms with Crippen molar-refractivity contribution in [1.82, 2.24) is 4.90 Å². The number of anilines is 2. The maximum Gasteiger partial charge on any atom is 0.116 e. The van der Waals surface area contributed by atoms with E-state index in [4.69, 9.17) is 4.79 Å². The second-order valence-corrected chi connectivity index (χ2v) is 6.13. The smallest absolute Gasteiger partial charge is 0.116 e. The van der Waals surface area contributed by atoms with Gasteiger partial charge in [0.05, 0.1) is 0 Å². The lowest BCUT2D eigenvalue weighted by molar-refractivity contribution is -0.106. The molecule has 4 nitrogen and oxygen atoms in total. The van der Waals surface area contributed by atoms with Crippen LogP contribution in [0.25, 0.3) is 0 Å². The second kappa shape index (κ2) is 8.87. The number of likely N-dealkylation sites (tertiary alicyclic amines) is 1. The van der Waals surface area contributed by atoms with E-state index in [1.165, 1.54) is 12.6 Å². The molecular weight excluding hydrogens is 293 g/mol. The van der Waals surface area contributed by atoms with Crippen molar-refractivity contribution in [3.63, 3.8) is 0 Å². The maximum atomic E-state index is 13.3. The molecule has 2 saturated heterocycles. The van der Waals surface area contributed by atoms with E-state index in [2.05, 4.69) is 39.4 Å². The Balaban J connectivity index is 0.000000595. The zero-order valence-corrected chi connectivity index (χ0v) is 14.2. The third-order valence-electron chi connectivity index (χ3n) is 4.66. The minimum atomic E-state index is -0.595. The van der Waals surface area contributed by atoms with Gasteiger partial charge in [-0.15, -0.1) is 0 Å². The summed E-state index contributed by atoms with van der Waals surface area (Å²) in [5.74, 6) is 0. The summed E-state index contributed by atoms with van der Waals surface area (Å²) in [6, 6.07) is 9.19. The lowest BCUT2D eigenvalue weighted by Gasteiger charge is -2.37. The largest absolute Gasteiger partial charge is 0.388 e. The van der Waals surface area contributed by atoms with E-state index in [0.717, 1.165) is 50.9 Å². The zero-order valence-electron chi connectivity index (χ0n) is 14.2. The van der Waals surface area contributed by atoms with E-state index in [0.29, 0.717) is 12.6 Å². The van der Waals surface area contributed by atoms with Crippen LogP contribution in [0.15, 0.2) is 24.3 Å². The normalized spacial score (nSPS) is 22.4. The van der Waals surface area contributed by atoms with Crippen molar-refractivity contribution >= 4 is 17.7 Å². The van der Waals surface area contributed by atoms with Gasteiger partial charge in [-0.25, -0.2) is 4.39 Å². The first kappa shape index (κ1) is 17.7. The number of halogens is 1. The second-order valence-electron chi connectivity index (χ2n) is 6.13. The number of hydrogen-bond donors (Lipinski definition) is 1. The summed E-state index contributed by atoms with van der Waals surface area (Å²) in [4.78, 5) is 13.6. The summed E-state index contributed by atoms with van der Waals surface area (Å²) in [6.45, 7) is 5.21. The molecule has 0 saturated carbocycles. The van der Waals surface area contributed by atoms with Crippen molar-refractivity contribution in [2.24, 2.45) is 0 Å². The number of piperidine rings is 1. The van der Waals surface area contributed by atoms with Crippen LogP contribution in [0.2, 0.25) is 0 Å². The highest BCUT2D eigenvalue weighted by Gasteiger charge is 2.30. The van der Waals surface area contributed by atoms with Crippen LogP contribution in [0, 0.1) is 0 Å². The summed E-state index contributed by atoms with van der Waals surface area (Å²) in [7, 11) is 1.94. The molecule has 0 amide bonds. The van der Waals surface area contributed by atoms with E-state index >= 15 is 0 Å². The Morgan fingerprint density at radius 2 is 1.74 bits per heavy atom. The van der Waals surface area contributed by atoms with E-state index < -0.39 is 6.17 Å². The average molecular weight is 321 g/mol. The van der Waals surface area contributed by atoms with Crippen LogP contribution < -0.4 is 10.2 Å². The molecule has 1 atom stereocenters. The van der Waals surface area contributed by atoms with Crippen molar-refractivity contribution in [2.75, 3.05) is 43.4 Å². The number of nitrogens with zero attached hydrogens (tertiary/aromatic N) is 2. The zero-order chi connectivity index (χ0) is 16.7. The Bertz CT molecular complexity index is 472. The van der Waals surface area contributed by atoms with E-state index in [9.17, 15) is 4.39 Å². The van der Waals surface area contributed by atoms with Crippen molar-refractivity contribution < 1.29 is 9.18 Å². The first-order valence-electron chi connectivity index (χ1n) is 8.48. The Kier molecular flexibility index (Phi) is 6.84. The topological polar surface area (TPSA) is 35.6 Å². The van der Waals surface area contributed by atoms with Crippen LogP contribution in [-0.2, 0) is 4.79 Å².